The monoisotopic (exact) mass is 367 g/mol. The average Bonchev–Trinajstić information content (AvgIpc) is 2.64. The third kappa shape index (κ3) is 5.51. The van der Waals surface area contributed by atoms with Gasteiger partial charge in [-0.05, 0) is 42.0 Å². The molecule has 0 heterocycles. The molecule has 0 bridgehead atoms. The van der Waals surface area contributed by atoms with Crippen LogP contribution in [0.2, 0.25) is 0 Å². The molecule has 138 valence electrons. The number of benzene rings is 2. The summed E-state index contributed by atoms with van der Waals surface area (Å²) in [6.07, 6.45) is -4.47. The maximum atomic E-state index is 12.5. The topological polar surface area (TPSA) is 64.6 Å². The molecule has 2 aromatic carbocycles. The van der Waals surface area contributed by atoms with E-state index in [2.05, 4.69) is 5.32 Å². The first kappa shape index (κ1) is 19.3. The lowest BCUT2D eigenvalue weighted by Crippen LogP contribution is -2.30. The molecule has 0 saturated heterocycles. The normalized spacial score (nSPS) is 10.9. The smallest absolute Gasteiger partial charge is 0.416 e. The molecule has 0 radical (unpaired) electrons. The van der Waals surface area contributed by atoms with Crippen molar-refractivity contribution in [3.05, 3.63) is 65.2 Å². The zero-order chi connectivity index (χ0) is 19.2. The lowest BCUT2D eigenvalue weighted by atomic mass is 10.1. The third-order valence-corrected chi connectivity index (χ3v) is 3.43. The number of alkyl halides is 3. The molecule has 0 saturated carbocycles. The molecule has 2 rings (SSSR count). The number of rotatable bonds is 6. The average molecular weight is 367 g/mol. The summed E-state index contributed by atoms with van der Waals surface area (Å²) < 4.78 is 47.4. The van der Waals surface area contributed by atoms with Crippen molar-refractivity contribution in [1.82, 2.24) is 5.32 Å². The number of hydrogen-bond acceptors (Lipinski definition) is 4. The molecule has 0 spiro atoms. The second-order valence-electron chi connectivity index (χ2n) is 5.27. The lowest BCUT2D eigenvalue weighted by molar-refractivity contribution is -0.143. The summed E-state index contributed by atoms with van der Waals surface area (Å²) in [5, 5.41) is 2.30. The minimum atomic E-state index is -4.47. The molecule has 1 N–H and O–H groups in total. The molecule has 0 aliphatic carbocycles. The molecule has 0 atom stereocenters. The van der Waals surface area contributed by atoms with E-state index in [1.54, 1.807) is 24.3 Å². The maximum absolute atomic E-state index is 12.5. The first-order valence-electron chi connectivity index (χ1n) is 7.53. The van der Waals surface area contributed by atoms with E-state index in [-0.39, 0.29) is 12.2 Å². The summed E-state index contributed by atoms with van der Waals surface area (Å²) in [6.45, 7) is -0.366. The van der Waals surface area contributed by atoms with Gasteiger partial charge in [-0.3, -0.25) is 9.59 Å². The van der Waals surface area contributed by atoms with Crippen LogP contribution in [0.15, 0.2) is 48.5 Å². The number of amides is 1. The minimum Gasteiger partial charge on any atom is -0.497 e. The second-order valence-corrected chi connectivity index (χ2v) is 5.27. The van der Waals surface area contributed by atoms with E-state index in [1.165, 1.54) is 7.11 Å². The van der Waals surface area contributed by atoms with Gasteiger partial charge in [0, 0.05) is 5.56 Å². The Hall–Kier alpha value is -3.03. The van der Waals surface area contributed by atoms with Gasteiger partial charge in [0.15, 0.2) is 0 Å². The molecule has 2 aromatic rings. The van der Waals surface area contributed by atoms with Crippen LogP contribution in [0.1, 0.15) is 21.5 Å². The largest absolute Gasteiger partial charge is 0.497 e. The fourth-order valence-electron chi connectivity index (χ4n) is 2.00. The summed E-state index contributed by atoms with van der Waals surface area (Å²) in [7, 11) is 1.54. The highest BCUT2D eigenvalue weighted by Gasteiger charge is 2.30. The Morgan fingerprint density at radius 1 is 1.00 bits per heavy atom. The maximum Gasteiger partial charge on any atom is 0.416 e. The Balaban J connectivity index is 1.79. The summed E-state index contributed by atoms with van der Waals surface area (Å²) in [5.41, 5.74) is -0.0953. The first-order valence-corrected chi connectivity index (χ1v) is 7.53. The number of ether oxygens (including phenoxy) is 2. The fraction of sp³-hybridized carbons (Fsp3) is 0.222. The number of nitrogens with one attached hydrogen (secondary N) is 1. The van der Waals surface area contributed by atoms with E-state index < -0.39 is 30.2 Å². The number of esters is 1. The van der Waals surface area contributed by atoms with E-state index in [4.69, 9.17) is 9.47 Å². The van der Waals surface area contributed by atoms with Gasteiger partial charge in [0.1, 0.15) is 18.9 Å². The van der Waals surface area contributed by atoms with Crippen LogP contribution < -0.4 is 10.1 Å². The molecule has 26 heavy (non-hydrogen) atoms. The number of halogens is 3. The molecule has 8 heteroatoms. The number of carbonyl (C=O) groups excluding carboxylic acids is 2. The zero-order valence-corrected chi connectivity index (χ0v) is 13.8. The number of methoxy groups -OCH3 is 1. The van der Waals surface area contributed by atoms with E-state index in [0.717, 1.165) is 29.8 Å². The highest BCUT2D eigenvalue weighted by Crippen LogP contribution is 2.29. The van der Waals surface area contributed by atoms with Crippen molar-refractivity contribution < 1.29 is 32.2 Å². The van der Waals surface area contributed by atoms with Gasteiger partial charge in [0.05, 0.1) is 12.7 Å². The van der Waals surface area contributed by atoms with Gasteiger partial charge in [-0.2, -0.15) is 13.2 Å². The molecular formula is C18H16F3NO4. The van der Waals surface area contributed by atoms with Crippen molar-refractivity contribution in [1.29, 1.82) is 0 Å². The second kappa shape index (κ2) is 8.37. The Morgan fingerprint density at radius 2 is 1.62 bits per heavy atom. The molecule has 0 aliphatic rings. The zero-order valence-electron chi connectivity index (χ0n) is 13.8. The van der Waals surface area contributed by atoms with Gasteiger partial charge in [0.25, 0.3) is 5.91 Å². The van der Waals surface area contributed by atoms with Gasteiger partial charge in [-0.15, -0.1) is 0 Å². The third-order valence-electron chi connectivity index (χ3n) is 3.43. The molecular weight excluding hydrogens is 351 g/mol. The van der Waals surface area contributed by atoms with E-state index in [0.29, 0.717) is 5.75 Å². The van der Waals surface area contributed by atoms with Crippen molar-refractivity contribution in [2.24, 2.45) is 0 Å². The van der Waals surface area contributed by atoms with Crippen LogP contribution in [0.5, 0.6) is 5.75 Å². The van der Waals surface area contributed by atoms with E-state index >= 15 is 0 Å². The van der Waals surface area contributed by atoms with E-state index in [9.17, 15) is 22.8 Å². The predicted octanol–water partition coefficient (Wildman–Crippen LogP) is 3.19. The van der Waals surface area contributed by atoms with Crippen LogP contribution >= 0.6 is 0 Å². The molecule has 5 nitrogen and oxygen atoms in total. The van der Waals surface area contributed by atoms with Crippen LogP contribution in [0, 0.1) is 0 Å². The quantitative estimate of drug-likeness (QED) is 0.797. The van der Waals surface area contributed by atoms with Crippen LogP contribution in [-0.2, 0) is 22.3 Å². The van der Waals surface area contributed by atoms with Crippen molar-refractivity contribution >= 4 is 11.9 Å². The van der Waals surface area contributed by atoms with Crippen LogP contribution in [-0.4, -0.2) is 25.5 Å². The van der Waals surface area contributed by atoms with Crippen LogP contribution in [0.25, 0.3) is 0 Å². The van der Waals surface area contributed by atoms with Gasteiger partial charge in [-0.1, -0.05) is 12.1 Å². The van der Waals surface area contributed by atoms with Crippen LogP contribution in [0.3, 0.4) is 0 Å². The number of carbonyl (C=O) groups is 2. The minimum absolute atomic E-state index is 0.0148. The summed E-state index contributed by atoms with van der Waals surface area (Å²) in [6, 6.07) is 10.6. The molecule has 0 aliphatic heterocycles. The summed E-state index contributed by atoms with van der Waals surface area (Å²) in [5.74, 6) is -0.662. The van der Waals surface area contributed by atoms with Gasteiger partial charge in [0.2, 0.25) is 0 Å². The standard InChI is InChI=1S/C18H16F3NO4/c1-25-15-8-2-12(3-9-15)11-26-16(23)10-22-17(24)13-4-6-14(7-5-13)18(19,20)21/h2-9H,10-11H2,1H3,(H,22,24). The van der Waals surface area contributed by atoms with Gasteiger partial charge < -0.3 is 14.8 Å². The van der Waals surface area contributed by atoms with Gasteiger partial charge in [-0.25, -0.2) is 0 Å². The predicted molar refractivity (Wildman–Crippen MR) is 86.6 cm³/mol. The highest BCUT2D eigenvalue weighted by atomic mass is 19.4. The number of hydrogen-bond donors (Lipinski definition) is 1. The molecule has 0 aromatic heterocycles. The Kier molecular flexibility index (Phi) is 6.21. The summed E-state index contributed by atoms with van der Waals surface area (Å²) in [4.78, 5) is 23.5. The molecule has 1 amide bonds. The van der Waals surface area contributed by atoms with Crippen LogP contribution in [0.4, 0.5) is 13.2 Å². The highest BCUT2D eigenvalue weighted by molar-refractivity contribution is 5.95. The SMILES string of the molecule is COc1ccc(COC(=O)CNC(=O)c2ccc(C(F)(F)F)cc2)cc1. The Labute approximate surface area is 147 Å². The Morgan fingerprint density at radius 3 is 2.15 bits per heavy atom. The van der Waals surface area contributed by atoms with Gasteiger partial charge >= 0.3 is 12.1 Å². The molecule has 0 unspecified atom stereocenters. The Bertz CT molecular complexity index is 756. The van der Waals surface area contributed by atoms with Crippen molar-refractivity contribution in [3.63, 3.8) is 0 Å². The fourth-order valence-corrected chi connectivity index (χ4v) is 2.00. The van der Waals surface area contributed by atoms with Crippen molar-refractivity contribution in [3.8, 4) is 5.75 Å². The molecule has 0 fully saturated rings. The van der Waals surface area contributed by atoms with Crippen molar-refractivity contribution in [2.75, 3.05) is 13.7 Å². The van der Waals surface area contributed by atoms with E-state index in [1.807, 2.05) is 0 Å². The van der Waals surface area contributed by atoms with Crippen molar-refractivity contribution in [2.45, 2.75) is 12.8 Å². The summed E-state index contributed by atoms with van der Waals surface area (Å²) >= 11 is 0. The first-order chi connectivity index (χ1) is 12.3. The lowest BCUT2D eigenvalue weighted by Gasteiger charge is -2.09.